The number of hydrogen-bond acceptors (Lipinski definition) is 4. The van der Waals surface area contributed by atoms with E-state index in [2.05, 4.69) is 5.32 Å². The summed E-state index contributed by atoms with van der Waals surface area (Å²) in [5, 5.41) is 3.17. The van der Waals surface area contributed by atoms with Crippen molar-refractivity contribution >= 4 is 5.97 Å². The fourth-order valence-corrected chi connectivity index (χ4v) is 1.91. The molecule has 1 atom stereocenters. The monoisotopic (exact) mass is 279 g/mol. The predicted molar refractivity (Wildman–Crippen MR) is 80.0 cm³/mol. The van der Waals surface area contributed by atoms with Gasteiger partial charge in [-0.1, -0.05) is 18.2 Å². The van der Waals surface area contributed by atoms with Gasteiger partial charge in [-0.3, -0.25) is 4.79 Å². The average molecular weight is 279 g/mol. The Labute approximate surface area is 121 Å². The minimum absolute atomic E-state index is 0.166. The summed E-state index contributed by atoms with van der Waals surface area (Å²) in [6.07, 6.45) is 0.798. The van der Waals surface area contributed by atoms with E-state index in [-0.39, 0.29) is 18.6 Å². The quantitative estimate of drug-likeness (QED) is 0.813. The maximum Gasteiger partial charge on any atom is 0.320 e. The molecule has 20 heavy (non-hydrogen) atoms. The number of carbonyl (C=O) groups is 1. The second-order valence-corrected chi connectivity index (χ2v) is 5.88. The third-order valence-corrected chi connectivity index (χ3v) is 2.73. The molecule has 1 unspecified atom stereocenters. The van der Waals surface area contributed by atoms with Crippen molar-refractivity contribution in [3.05, 3.63) is 29.8 Å². The van der Waals surface area contributed by atoms with Crippen molar-refractivity contribution in [2.24, 2.45) is 0 Å². The van der Waals surface area contributed by atoms with E-state index in [1.54, 1.807) is 7.11 Å². The van der Waals surface area contributed by atoms with Gasteiger partial charge in [0, 0.05) is 6.04 Å². The molecule has 0 bridgehead atoms. The first kappa shape index (κ1) is 16.5. The molecule has 0 aromatic heterocycles. The van der Waals surface area contributed by atoms with Crippen molar-refractivity contribution in [3.63, 3.8) is 0 Å². The average Bonchev–Trinajstić information content (AvgIpc) is 2.35. The molecule has 4 heteroatoms. The van der Waals surface area contributed by atoms with Gasteiger partial charge in [-0.05, 0) is 45.7 Å². The van der Waals surface area contributed by atoms with Crippen molar-refractivity contribution in [2.45, 2.75) is 45.8 Å². The van der Waals surface area contributed by atoms with E-state index in [0.717, 1.165) is 17.7 Å². The van der Waals surface area contributed by atoms with E-state index in [1.165, 1.54) is 0 Å². The zero-order chi connectivity index (χ0) is 15.2. The van der Waals surface area contributed by atoms with E-state index < -0.39 is 5.60 Å². The first-order valence-corrected chi connectivity index (χ1v) is 6.89. The molecule has 0 amide bonds. The van der Waals surface area contributed by atoms with Gasteiger partial charge in [0.05, 0.1) is 13.7 Å². The molecule has 0 aliphatic carbocycles. The number of methoxy groups -OCH3 is 1. The molecule has 1 aromatic carbocycles. The Morgan fingerprint density at radius 1 is 1.30 bits per heavy atom. The van der Waals surface area contributed by atoms with Crippen LogP contribution >= 0.6 is 0 Å². The Balaban J connectivity index is 2.44. The summed E-state index contributed by atoms with van der Waals surface area (Å²) >= 11 is 0. The van der Waals surface area contributed by atoms with Crippen molar-refractivity contribution in [1.82, 2.24) is 5.32 Å². The van der Waals surface area contributed by atoms with Gasteiger partial charge in [0.25, 0.3) is 0 Å². The molecule has 0 heterocycles. The normalized spacial score (nSPS) is 12.8. The van der Waals surface area contributed by atoms with Crippen LogP contribution in [0.5, 0.6) is 5.75 Å². The number of carbonyl (C=O) groups excluding carboxylic acids is 1. The standard InChI is InChI=1S/C16H25NO3/c1-12(17-11-15(18)20-16(2,3)4)10-13-8-6-7-9-14(13)19-5/h6-9,12,17H,10-11H2,1-5H3. The lowest BCUT2D eigenvalue weighted by Gasteiger charge is -2.21. The predicted octanol–water partition coefficient (Wildman–Crippen LogP) is 2.56. The maximum absolute atomic E-state index is 11.6. The molecule has 0 aliphatic heterocycles. The first-order valence-electron chi connectivity index (χ1n) is 6.89. The van der Waals surface area contributed by atoms with Crippen molar-refractivity contribution < 1.29 is 14.3 Å². The molecule has 0 radical (unpaired) electrons. The summed E-state index contributed by atoms with van der Waals surface area (Å²) in [5.41, 5.74) is 0.684. The highest BCUT2D eigenvalue weighted by Gasteiger charge is 2.16. The van der Waals surface area contributed by atoms with Crippen LogP contribution in [0.2, 0.25) is 0 Å². The minimum Gasteiger partial charge on any atom is -0.496 e. The van der Waals surface area contributed by atoms with Crippen LogP contribution in [0.1, 0.15) is 33.3 Å². The Bertz CT molecular complexity index is 438. The van der Waals surface area contributed by atoms with Gasteiger partial charge in [-0.15, -0.1) is 0 Å². The molecule has 1 rings (SSSR count). The number of benzene rings is 1. The molecule has 1 aromatic rings. The van der Waals surface area contributed by atoms with Gasteiger partial charge >= 0.3 is 5.97 Å². The molecule has 0 aliphatic rings. The first-order chi connectivity index (χ1) is 9.31. The lowest BCUT2D eigenvalue weighted by Crippen LogP contribution is -2.36. The fraction of sp³-hybridized carbons (Fsp3) is 0.562. The molecule has 0 saturated heterocycles. The van der Waals surface area contributed by atoms with E-state index in [9.17, 15) is 4.79 Å². The molecule has 0 saturated carbocycles. The van der Waals surface area contributed by atoms with Crippen LogP contribution in [0.3, 0.4) is 0 Å². The summed E-state index contributed by atoms with van der Waals surface area (Å²) in [6, 6.07) is 8.07. The maximum atomic E-state index is 11.6. The van der Waals surface area contributed by atoms with Crippen LogP contribution in [-0.2, 0) is 16.0 Å². The number of hydrogen-bond donors (Lipinski definition) is 1. The molecule has 0 spiro atoms. The van der Waals surface area contributed by atoms with Crippen LogP contribution in [0, 0.1) is 0 Å². The van der Waals surface area contributed by atoms with Crippen LogP contribution in [0.4, 0.5) is 0 Å². The molecule has 112 valence electrons. The highest BCUT2D eigenvalue weighted by Crippen LogP contribution is 2.18. The van der Waals surface area contributed by atoms with Gasteiger partial charge in [0.1, 0.15) is 11.4 Å². The highest BCUT2D eigenvalue weighted by molar-refractivity contribution is 5.72. The van der Waals surface area contributed by atoms with Crippen LogP contribution in [0.15, 0.2) is 24.3 Å². The second-order valence-electron chi connectivity index (χ2n) is 5.88. The SMILES string of the molecule is COc1ccccc1CC(C)NCC(=O)OC(C)(C)C. The van der Waals surface area contributed by atoms with Gasteiger partial charge in [0.2, 0.25) is 0 Å². The lowest BCUT2D eigenvalue weighted by atomic mass is 10.1. The topological polar surface area (TPSA) is 47.6 Å². The molecule has 1 N–H and O–H groups in total. The fourth-order valence-electron chi connectivity index (χ4n) is 1.91. The van der Waals surface area contributed by atoms with Gasteiger partial charge in [0.15, 0.2) is 0 Å². The molecular weight excluding hydrogens is 254 g/mol. The van der Waals surface area contributed by atoms with E-state index >= 15 is 0 Å². The Hall–Kier alpha value is -1.55. The number of nitrogens with one attached hydrogen (secondary N) is 1. The molecule has 0 fully saturated rings. The number of esters is 1. The summed E-state index contributed by atoms with van der Waals surface area (Å²) in [6.45, 7) is 7.85. The molecular formula is C16H25NO3. The van der Waals surface area contributed by atoms with Gasteiger partial charge in [-0.2, -0.15) is 0 Å². The van der Waals surface area contributed by atoms with Crippen LogP contribution in [-0.4, -0.2) is 31.3 Å². The Morgan fingerprint density at radius 2 is 1.95 bits per heavy atom. The summed E-state index contributed by atoms with van der Waals surface area (Å²) in [4.78, 5) is 11.6. The van der Waals surface area contributed by atoms with E-state index in [1.807, 2.05) is 52.0 Å². The summed E-state index contributed by atoms with van der Waals surface area (Å²) < 4.78 is 10.6. The van der Waals surface area contributed by atoms with Crippen molar-refractivity contribution in [1.29, 1.82) is 0 Å². The second kappa shape index (κ2) is 7.29. The minimum atomic E-state index is -0.440. The lowest BCUT2D eigenvalue weighted by molar-refractivity contribution is -0.153. The highest BCUT2D eigenvalue weighted by atomic mass is 16.6. The van der Waals surface area contributed by atoms with E-state index in [0.29, 0.717) is 0 Å². The van der Waals surface area contributed by atoms with Crippen LogP contribution in [0.25, 0.3) is 0 Å². The number of ether oxygens (including phenoxy) is 2. The summed E-state index contributed by atoms with van der Waals surface area (Å²) in [7, 11) is 1.66. The zero-order valence-electron chi connectivity index (χ0n) is 13.0. The Kier molecular flexibility index (Phi) is 6.02. The van der Waals surface area contributed by atoms with Crippen molar-refractivity contribution in [3.8, 4) is 5.75 Å². The van der Waals surface area contributed by atoms with Crippen LogP contribution < -0.4 is 10.1 Å². The number of rotatable bonds is 6. The number of para-hydroxylation sites is 1. The van der Waals surface area contributed by atoms with E-state index in [4.69, 9.17) is 9.47 Å². The third-order valence-electron chi connectivity index (χ3n) is 2.73. The Morgan fingerprint density at radius 3 is 2.55 bits per heavy atom. The summed E-state index contributed by atoms with van der Waals surface area (Å²) in [5.74, 6) is 0.641. The molecule has 4 nitrogen and oxygen atoms in total. The smallest absolute Gasteiger partial charge is 0.320 e. The third kappa shape index (κ3) is 6.06. The largest absolute Gasteiger partial charge is 0.496 e. The zero-order valence-corrected chi connectivity index (χ0v) is 13.0. The van der Waals surface area contributed by atoms with Crippen molar-refractivity contribution in [2.75, 3.05) is 13.7 Å². The van der Waals surface area contributed by atoms with Gasteiger partial charge in [-0.25, -0.2) is 0 Å². The van der Waals surface area contributed by atoms with Gasteiger partial charge < -0.3 is 14.8 Å².